The first kappa shape index (κ1) is 25.7. The lowest BCUT2D eigenvalue weighted by atomic mass is 10.2. The van der Waals surface area contributed by atoms with Crippen LogP contribution < -0.4 is 14.4 Å². The summed E-state index contributed by atoms with van der Waals surface area (Å²) in [7, 11) is -3.85. The van der Waals surface area contributed by atoms with Gasteiger partial charge in [0.2, 0.25) is 0 Å². The smallest absolute Gasteiger partial charge is 0.406 e. The Morgan fingerprint density at radius 3 is 2.44 bits per heavy atom. The molecule has 4 rings (SSSR count). The molecule has 15 heteroatoms. The number of hydrogen-bond acceptors (Lipinski definition) is 7. The SMILES string of the molecule is CC1C(=O)N(c2ccc(OC(F)(F)F)cc2)C(=O)N1Cc1ccnc(NS(=O)(=O)N2CCOCC2)c1. The van der Waals surface area contributed by atoms with Gasteiger partial charge in [-0.25, -0.2) is 14.7 Å². The van der Waals surface area contributed by atoms with Crippen LogP contribution in [0, 0.1) is 0 Å². The second kappa shape index (κ2) is 9.91. The minimum absolute atomic E-state index is 0.0354. The monoisotopic (exact) mass is 529 g/mol. The highest BCUT2D eigenvalue weighted by molar-refractivity contribution is 7.90. The van der Waals surface area contributed by atoms with E-state index in [1.165, 1.54) is 40.5 Å². The molecule has 11 nitrogen and oxygen atoms in total. The third-order valence-corrected chi connectivity index (χ3v) is 7.04. The molecule has 1 aromatic carbocycles. The Morgan fingerprint density at radius 2 is 1.81 bits per heavy atom. The summed E-state index contributed by atoms with van der Waals surface area (Å²) in [5, 5.41) is 0. The van der Waals surface area contributed by atoms with Gasteiger partial charge in [0.05, 0.1) is 18.9 Å². The van der Waals surface area contributed by atoms with E-state index < -0.39 is 40.3 Å². The van der Waals surface area contributed by atoms with Gasteiger partial charge >= 0.3 is 22.6 Å². The number of urea groups is 1. The Morgan fingerprint density at radius 1 is 1.14 bits per heavy atom. The Bertz CT molecular complexity index is 1240. The molecule has 2 aliphatic heterocycles. The van der Waals surface area contributed by atoms with E-state index >= 15 is 0 Å². The normalized spacial score (nSPS) is 19.6. The van der Waals surface area contributed by atoms with Crippen LogP contribution in [0.1, 0.15) is 12.5 Å². The molecule has 0 bridgehead atoms. The van der Waals surface area contributed by atoms with Crippen LogP contribution in [0.5, 0.6) is 5.75 Å². The summed E-state index contributed by atoms with van der Waals surface area (Å²) in [6.07, 6.45) is -3.50. The van der Waals surface area contributed by atoms with E-state index in [1.807, 2.05) is 0 Å². The number of hydrogen-bond donors (Lipinski definition) is 1. The van der Waals surface area contributed by atoms with Crippen molar-refractivity contribution in [2.24, 2.45) is 0 Å². The Balaban J connectivity index is 1.47. The number of alkyl halides is 3. The molecule has 1 atom stereocenters. The number of benzene rings is 1. The summed E-state index contributed by atoms with van der Waals surface area (Å²) in [6, 6.07) is 5.85. The van der Waals surface area contributed by atoms with Gasteiger partial charge in [0, 0.05) is 25.8 Å². The maximum absolute atomic E-state index is 13.0. The lowest BCUT2D eigenvalue weighted by Crippen LogP contribution is -2.43. The molecular formula is C21H22F3N5O6S. The molecule has 0 saturated carbocycles. The first-order valence-corrected chi connectivity index (χ1v) is 12.2. The molecule has 2 fully saturated rings. The van der Waals surface area contributed by atoms with Crippen LogP contribution in [-0.4, -0.2) is 73.3 Å². The van der Waals surface area contributed by atoms with Gasteiger partial charge in [-0.3, -0.25) is 9.52 Å². The first-order valence-electron chi connectivity index (χ1n) is 10.8. The third kappa shape index (κ3) is 5.68. The topological polar surface area (TPSA) is 121 Å². The van der Waals surface area contributed by atoms with Crippen molar-refractivity contribution in [3.63, 3.8) is 0 Å². The number of ether oxygens (including phenoxy) is 2. The average molecular weight is 529 g/mol. The average Bonchev–Trinajstić information content (AvgIpc) is 3.02. The van der Waals surface area contributed by atoms with Crippen LogP contribution in [0.4, 0.5) is 29.5 Å². The first-order chi connectivity index (χ1) is 16.9. The predicted octanol–water partition coefficient (Wildman–Crippen LogP) is 2.33. The number of imide groups is 1. The van der Waals surface area contributed by atoms with E-state index in [4.69, 9.17) is 4.74 Å². The maximum Gasteiger partial charge on any atom is 0.573 e. The predicted molar refractivity (Wildman–Crippen MR) is 120 cm³/mol. The van der Waals surface area contributed by atoms with E-state index in [0.29, 0.717) is 5.56 Å². The molecule has 3 heterocycles. The van der Waals surface area contributed by atoms with Crippen molar-refractivity contribution in [1.82, 2.24) is 14.2 Å². The number of halogens is 3. The van der Waals surface area contributed by atoms with Crippen molar-refractivity contribution < 1.29 is 40.7 Å². The molecule has 36 heavy (non-hydrogen) atoms. The molecule has 0 radical (unpaired) electrons. The van der Waals surface area contributed by atoms with Gasteiger partial charge in [0.1, 0.15) is 17.6 Å². The fourth-order valence-electron chi connectivity index (χ4n) is 3.76. The largest absolute Gasteiger partial charge is 0.573 e. The molecular weight excluding hydrogens is 507 g/mol. The van der Waals surface area contributed by atoms with Gasteiger partial charge in [-0.1, -0.05) is 0 Å². The van der Waals surface area contributed by atoms with Gasteiger partial charge in [-0.15, -0.1) is 13.2 Å². The van der Waals surface area contributed by atoms with Crippen LogP contribution in [0.15, 0.2) is 42.6 Å². The zero-order valence-electron chi connectivity index (χ0n) is 18.9. The molecule has 0 spiro atoms. The third-order valence-electron chi connectivity index (χ3n) is 5.53. The number of aromatic nitrogens is 1. The quantitative estimate of drug-likeness (QED) is 0.547. The lowest BCUT2D eigenvalue weighted by molar-refractivity contribution is -0.274. The van der Waals surface area contributed by atoms with Crippen LogP contribution in [0.2, 0.25) is 0 Å². The summed E-state index contributed by atoms with van der Waals surface area (Å²) in [5.74, 6) is -1.01. The second-order valence-electron chi connectivity index (χ2n) is 7.97. The van der Waals surface area contributed by atoms with Crippen molar-refractivity contribution in [2.75, 3.05) is 35.9 Å². The van der Waals surface area contributed by atoms with Gasteiger partial charge in [-0.2, -0.15) is 12.7 Å². The Hall–Kier alpha value is -3.43. The number of nitrogens with zero attached hydrogens (tertiary/aromatic N) is 4. The standard InChI is InChI=1S/C21H22F3N5O6S/c1-14-19(30)29(16-2-4-17(5-3-16)35-21(22,23)24)20(31)28(14)13-15-6-7-25-18(12-15)26-36(32,33)27-8-10-34-11-9-27/h2-7,12,14H,8-11,13H2,1H3,(H,25,26). The van der Waals surface area contributed by atoms with Gasteiger partial charge < -0.3 is 14.4 Å². The summed E-state index contributed by atoms with van der Waals surface area (Å²) < 4.78 is 75.0. The fourth-order valence-corrected chi connectivity index (χ4v) is 4.89. The summed E-state index contributed by atoms with van der Waals surface area (Å²) in [6.45, 7) is 2.46. The van der Waals surface area contributed by atoms with E-state index in [1.54, 1.807) is 6.07 Å². The van der Waals surface area contributed by atoms with E-state index in [2.05, 4.69) is 14.4 Å². The highest BCUT2D eigenvalue weighted by Gasteiger charge is 2.43. The van der Waals surface area contributed by atoms with Gasteiger partial charge in [-0.05, 0) is 48.9 Å². The molecule has 3 amide bonds. The van der Waals surface area contributed by atoms with Crippen LogP contribution >= 0.6 is 0 Å². The summed E-state index contributed by atoms with van der Waals surface area (Å²) >= 11 is 0. The van der Waals surface area contributed by atoms with Crippen molar-refractivity contribution in [2.45, 2.75) is 25.9 Å². The summed E-state index contributed by atoms with van der Waals surface area (Å²) in [5.41, 5.74) is 0.594. The van der Waals surface area contributed by atoms with Crippen LogP contribution in [0.25, 0.3) is 0 Å². The number of nitrogens with one attached hydrogen (secondary N) is 1. The molecule has 2 aromatic rings. The molecule has 2 aliphatic rings. The van der Waals surface area contributed by atoms with E-state index in [9.17, 15) is 31.2 Å². The van der Waals surface area contributed by atoms with Gasteiger partial charge in [0.15, 0.2) is 0 Å². The number of carbonyl (C=O) groups is 2. The second-order valence-corrected chi connectivity index (χ2v) is 9.64. The van der Waals surface area contributed by atoms with Crippen LogP contribution in [0.3, 0.4) is 0 Å². The number of carbonyl (C=O) groups excluding carboxylic acids is 2. The maximum atomic E-state index is 13.0. The minimum atomic E-state index is -4.87. The van der Waals surface area contributed by atoms with Crippen molar-refractivity contribution in [3.8, 4) is 5.75 Å². The number of amides is 3. The number of rotatable bonds is 7. The van der Waals surface area contributed by atoms with E-state index in [-0.39, 0.29) is 44.4 Å². The minimum Gasteiger partial charge on any atom is -0.406 e. The zero-order chi connectivity index (χ0) is 26.1. The molecule has 1 unspecified atom stereocenters. The fraction of sp³-hybridized carbons (Fsp3) is 0.381. The number of anilines is 2. The van der Waals surface area contributed by atoms with Crippen molar-refractivity contribution >= 4 is 33.7 Å². The molecule has 0 aliphatic carbocycles. The molecule has 194 valence electrons. The van der Waals surface area contributed by atoms with Crippen molar-refractivity contribution in [1.29, 1.82) is 0 Å². The molecule has 1 N–H and O–H groups in total. The molecule has 2 saturated heterocycles. The molecule has 1 aromatic heterocycles. The van der Waals surface area contributed by atoms with Crippen LogP contribution in [-0.2, 0) is 26.3 Å². The van der Waals surface area contributed by atoms with E-state index in [0.717, 1.165) is 17.0 Å². The zero-order valence-corrected chi connectivity index (χ0v) is 19.8. The Labute approximate surface area is 204 Å². The van der Waals surface area contributed by atoms with Gasteiger partial charge in [0.25, 0.3) is 5.91 Å². The highest BCUT2D eigenvalue weighted by Crippen LogP contribution is 2.30. The Kier molecular flexibility index (Phi) is 7.06. The number of morpholine rings is 1. The highest BCUT2D eigenvalue weighted by atomic mass is 32.2. The number of pyridine rings is 1. The summed E-state index contributed by atoms with van der Waals surface area (Å²) in [4.78, 5) is 32.0. The van der Waals surface area contributed by atoms with Crippen molar-refractivity contribution in [3.05, 3.63) is 48.2 Å². The lowest BCUT2D eigenvalue weighted by Gasteiger charge is -2.26.